The van der Waals surface area contributed by atoms with Gasteiger partial charge in [-0.3, -0.25) is 4.79 Å². The SMILES string of the molecule is COc1ccc(C(=O)Nc2cc(Cl)c(Cl)cc2Cl)cc1COc1ccccc1C(C)C. The number of para-hydroxylation sites is 1. The second kappa shape index (κ2) is 10.3. The number of hydrogen-bond donors (Lipinski definition) is 1. The van der Waals surface area contributed by atoms with E-state index in [1.54, 1.807) is 25.3 Å². The zero-order chi connectivity index (χ0) is 22.5. The van der Waals surface area contributed by atoms with Crippen molar-refractivity contribution in [2.45, 2.75) is 26.4 Å². The first kappa shape index (κ1) is 23.3. The van der Waals surface area contributed by atoms with E-state index in [1.807, 2.05) is 24.3 Å². The molecule has 0 bridgehead atoms. The lowest BCUT2D eigenvalue weighted by Gasteiger charge is -2.16. The number of amides is 1. The Labute approximate surface area is 197 Å². The fourth-order valence-corrected chi connectivity index (χ4v) is 3.68. The quantitative estimate of drug-likeness (QED) is 0.355. The summed E-state index contributed by atoms with van der Waals surface area (Å²) in [4.78, 5) is 12.8. The number of anilines is 1. The molecule has 0 aliphatic heterocycles. The molecule has 7 heteroatoms. The molecule has 0 atom stereocenters. The Kier molecular flexibility index (Phi) is 7.71. The van der Waals surface area contributed by atoms with Crippen LogP contribution in [0.4, 0.5) is 5.69 Å². The molecule has 3 aromatic carbocycles. The van der Waals surface area contributed by atoms with Crippen molar-refractivity contribution >= 4 is 46.4 Å². The smallest absolute Gasteiger partial charge is 0.255 e. The van der Waals surface area contributed by atoms with Gasteiger partial charge in [0.25, 0.3) is 5.91 Å². The van der Waals surface area contributed by atoms with E-state index in [9.17, 15) is 4.79 Å². The van der Waals surface area contributed by atoms with Gasteiger partial charge in [-0.1, -0.05) is 66.8 Å². The molecule has 0 unspecified atom stereocenters. The van der Waals surface area contributed by atoms with Gasteiger partial charge in [0.05, 0.1) is 27.9 Å². The first-order valence-corrected chi connectivity index (χ1v) is 10.8. The maximum atomic E-state index is 12.8. The maximum Gasteiger partial charge on any atom is 0.255 e. The van der Waals surface area contributed by atoms with Crippen molar-refractivity contribution < 1.29 is 14.3 Å². The molecule has 0 saturated carbocycles. The minimum Gasteiger partial charge on any atom is -0.496 e. The summed E-state index contributed by atoms with van der Waals surface area (Å²) in [5.74, 6) is 1.42. The second-order valence-electron chi connectivity index (χ2n) is 7.21. The van der Waals surface area contributed by atoms with Crippen molar-refractivity contribution in [3.63, 3.8) is 0 Å². The number of halogens is 3. The standard InChI is InChI=1S/C24H22Cl3NO3/c1-14(2)17-6-4-5-7-23(17)31-13-16-10-15(8-9-22(16)30-3)24(29)28-21-12-19(26)18(25)11-20(21)27/h4-12,14H,13H2,1-3H3,(H,28,29). The third-order valence-corrected chi connectivity index (χ3v) is 5.76. The summed E-state index contributed by atoms with van der Waals surface area (Å²) in [5.41, 5.74) is 2.66. The van der Waals surface area contributed by atoms with Crippen LogP contribution in [0.1, 0.15) is 41.3 Å². The Balaban J connectivity index is 1.82. The Morgan fingerprint density at radius 3 is 2.35 bits per heavy atom. The zero-order valence-electron chi connectivity index (χ0n) is 17.3. The van der Waals surface area contributed by atoms with E-state index in [0.717, 1.165) is 16.9 Å². The molecule has 162 valence electrons. The molecule has 0 radical (unpaired) electrons. The van der Waals surface area contributed by atoms with Gasteiger partial charge in [-0.05, 0) is 47.9 Å². The van der Waals surface area contributed by atoms with Gasteiger partial charge in [0, 0.05) is 11.1 Å². The fraction of sp³-hybridized carbons (Fsp3) is 0.208. The number of carbonyl (C=O) groups excluding carboxylic acids is 1. The minimum atomic E-state index is -0.341. The fourth-order valence-electron chi connectivity index (χ4n) is 3.09. The van der Waals surface area contributed by atoms with Crippen LogP contribution in [0.3, 0.4) is 0 Å². The molecule has 0 heterocycles. The van der Waals surface area contributed by atoms with E-state index in [2.05, 4.69) is 19.2 Å². The molecular formula is C24H22Cl3NO3. The van der Waals surface area contributed by atoms with Gasteiger partial charge in [-0.2, -0.15) is 0 Å². The predicted molar refractivity (Wildman–Crippen MR) is 127 cm³/mol. The zero-order valence-corrected chi connectivity index (χ0v) is 19.6. The van der Waals surface area contributed by atoms with Gasteiger partial charge >= 0.3 is 0 Å². The first-order chi connectivity index (χ1) is 14.8. The highest BCUT2D eigenvalue weighted by atomic mass is 35.5. The lowest BCUT2D eigenvalue weighted by atomic mass is 10.0. The summed E-state index contributed by atoms with van der Waals surface area (Å²) in [6.07, 6.45) is 0. The molecule has 1 N–H and O–H groups in total. The molecule has 1 amide bonds. The summed E-state index contributed by atoms with van der Waals surface area (Å²) >= 11 is 18.2. The van der Waals surface area contributed by atoms with Crippen molar-refractivity contribution in [1.82, 2.24) is 0 Å². The van der Waals surface area contributed by atoms with Crippen LogP contribution < -0.4 is 14.8 Å². The summed E-state index contributed by atoms with van der Waals surface area (Å²) in [5, 5.41) is 3.67. The number of nitrogens with one attached hydrogen (secondary N) is 1. The summed E-state index contributed by atoms with van der Waals surface area (Å²) in [6, 6.07) is 16.0. The molecule has 0 aromatic heterocycles. The molecule has 3 rings (SSSR count). The molecule has 0 saturated heterocycles. The first-order valence-electron chi connectivity index (χ1n) is 9.64. The molecule has 4 nitrogen and oxygen atoms in total. The number of ether oxygens (including phenoxy) is 2. The van der Waals surface area contributed by atoms with Crippen LogP contribution in [0.25, 0.3) is 0 Å². The average Bonchev–Trinajstić information content (AvgIpc) is 2.75. The topological polar surface area (TPSA) is 47.6 Å². The number of benzene rings is 3. The number of rotatable bonds is 7. The maximum absolute atomic E-state index is 12.8. The van der Waals surface area contributed by atoms with Gasteiger partial charge in [-0.25, -0.2) is 0 Å². The van der Waals surface area contributed by atoms with E-state index < -0.39 is 0 Å². The van der Waals surface area contributed by atoms with Crippen LogP contribution in [-0.2, 0) is 6.61 Å². The number of hydrogen-bond acceptors (Lipinski definition) is 3. The van der Waals surface area contributed by atoms with E-state index in [4.69, 9.17) is 44.3 Å². The molecule has 0 spiro atoms. The van der Waals surface area contributed by atoms with Crippen LogP contribution in [0.5, 0.6) is 11.5 Å². The van der Waals surface area contributed by atoms with Crippen molar-refractivity contribution in [2.75, 3.05) is 12.4 Å². The van der Waals surface area contributed by atoms with Crippen molar-refractivity contribution in [2.24, 2.45) is 0 Å². The van der Waals surface area contributed by atoms with Crippen LogP contribution in [0, 0.1) is 0 Å². The lowest BCUT2D eigenvalue weighted by molar-refractivity contribution is 0.102. The van der Waals surface area contributed by atoms with Crippen LogP contribution in [0.2, 0.25) is 15.1 Å². The van der Waals surface area contributed by atoms with Crippen molar-refractivity contribution in [3.8, 4) is 11.5 Å². The molecular weight excluding hydrogens is 457 g/mol. The average molecular weight is 479 g/mol. The summed E-state index contributed by atoms with van der Waals surface area (Å²) in [6.45, 7) is 4.48. The highest BCUT2D eigenvalue weighted by Gasteiger charge is 2.15. The van der Waals surface area contributed by atoms with E-state index >= 15 is 0 Å². The predicted octanol–water partition coefficient (Wildman–Crippen LogP) is 7.61. The lowest BCUT2D eigenvalue weighted by Crippen LogP contribution is -2.13. The van der Waals surface area contributed by atoms with E-state index in [-0.39, 0.29) is 12.5 Å². The third kappa shape index (κ3) is 5.65. The van der Waals surface area contributed by atoms with Gasteiger partial charge < -0.3 is 14.8 Å². The molecule has 3 aromatic rings. The van der Waals surface area contributed by atoms with Gasteiger partial charge in [0.2, 0.25) is 0 Å². The largest absolute Gasteiger partial charge is 0.496 e. The van der Waals surface area contributed by atoms with Gasteiger partial charge in [-0.15, -0.1) is 0 Å². The van der Waals surface area contributed by atoms with Crippen molar-refractivity contribution in [1.29, 1.82) is 0 Å². The van der Waals surface area contributed by atoms with E-state index in [1.165, 1.54) is 12.1 Å². The molecule has 0 aliphatic rings. The highest BCUT2D eigenvalue weighted by molar-refractivity contribution is 6.44. The highest BCUT2D eigenvalue weighted by Crippen LogP contribution is 2.33. The summed E-state index contributed by atoms with van der Waals surface area (Å²) in [7, 11) is 1.58. The van der Waals surface area contributed by atoms with Crippen LogP contribution >= 0.6 is 34.8 Å². The van der Waals surface area contributed by atoms with E-state index in [0.29, 0.717) is 38.0 Å². The number of carbonyl (C=O) groups is 1. The second-order valence-corrected chi connectivity index (χ2v) is 8.43. The molecule has 0 fully saturated rings. The Bertz CT molecular complexity index is 1100. The third-order valence-electron chi connectivity index (χ3n) is 4.72. The Morgan fingerprint density at radius 1 is 0.935 bits per heavy atom. The Morgan fingerprint density at radius 2 is 1.65 bits per heavy atom. The normalized spacial score (nSPS) is 10.8. The number of methoxy groups -OCH3 is 1. The minimum absolute atomic E-state index is 0.252. The molecule has 0 aliphatic carbocycles. The van der Waals surface area contributed by atoms with Crippen LogP contribution in [0.15, 0.2) is 54.6 Å². The molecule has 31 heavy (non-hydrogen) atoms. The van der Waals surface area contributed by atoms with Gasteiger partial charge in [0.1, 0.15) is 18.1 Å². The monoisotopic (exact) mass is 477 g/mol. The van der Waals surface area contributed by atoms with Gasteiger partial charge in [0.15, 0.2) is 0 Å². The summed E-state index contributed by atoms with van der Waals surface area (Å²) < 4.78 is 11.5. The van der Waals surface area contributed by atoms with Crippen molar-refractivity contribution in [3.05, 3.63) is 86.4 Å². The van der Waals surface area contributed by atoms with Crippen LogP contribution in [-0.4, -0.2) is 13.0 Å². The Hall–Kier alpha value is -2.40.